The monoisotopic (exact) mass is 467 g/mol. The van der Waals surface area contributed by atoms with E-state index in [1.54, 1.807) is 54.1 Å². The molecule has 0 aliphatic rings. The third-order valence-corrected chi connectivity index (χ3v) is 5.09. The number of hydrogen-bond acceptors (Lipinski definition) is 5. The van der Waals surface area contributed by atoms with Gasteiger partial charge in [-0.3, -0.25) is 4.79 Å². The molecule has 0 saturated carbocycles. The molecule has 0 fully saturated rings. The summed E-state index contributed by atoms with van der Waals surface area (Å²) < 4.78 is 7.65. The second kappa shape index (κ2) is 8.98. The fourth-order valence-electron chi connectivity index (χ4n) is 3.15. The van der Waals surface area contributed by atoms with Crippen LogP contribution in [0.4, 0.5) is 5.69 Å². The molecule has 1 amide bonds. The van der Waals surface area contributed by atoms with E-state index >= 15 is 0 Å². The molecular weight excluding hydrogens is 449 g/mol. The summed E-state index contributed by atoms with van der Waals surface area (Å²) in [6, 6.07) is 15.4. The molecule has 32 heavy (non-hydrogen) atoms. The fraction of sp³-hybridized carbons (Fsp3) is 0.130. The summed E-state index contributed by atoms with van der Waals surface area (Å²) in [5.74, 6) is 1.81. The topological polar surface area (TPSA) is 81.9 Å². The molecule has 162 valence electrons. The van der Waals surface area contributed by atoms with Crippen LogP contribution in [0.3, 0.4) is 0 Å². The molecule has 9 heteroatoms. The Bertz CT molecular complexity index is 1300. The van der Waals surface area contributed by atoms with Crippen molar-refractivity contribution in [2.45, 2.75) is 20.8 Å². The van der Waals surface area contributed by atoms with Crippen molar-refractivity contribution in [2.75, 3.05) is 5.32 Å². The van der Waals surface area contributed by atoms with E-state index in [1.165, 1.54) is 6.07 Å². The van der Waals surface area contributed by atoms with Crippen molar-refractivity contribution in [1.29, 1.82) is 0 Å². The van der Waals surface area contributed by atoms with Crippen molar-refractivity contribution in [3.05, 3.63) is 87.4 Å². The van der Waals surface area contributed by atoms with Crippen LogP contribution < -0.4 is 10.1 Å². The van der Waals surface area contributed by atoms with Crippen LogP contribution in [0.1, 0.15) is 27.6 Å². The zero-order chi connectivity index (χ0) is 22.8. The summed E-state index contributed by atoms with van der Waals surface area (Å²) in [6.07, 6.45) is 0. The van der Waals surface area contributed by atoms with Crippen molar-refractivity contribution in [1.82, 2.24) is 19.7 Å². The van der Waals surface area contributed by atoms with Crippen LogP contribution in [0.25, 0.3) is 5.82 Å². The summed E-state index contributed by atoms with van der Waals surface area (Å²) in [4.78, 5) is 21.3. The summed E-state index contributed by atoms with van der Waals surface area (Å²) in [5.41, 5.74) is 2.80. The van der Waals surface area contributed by atoms with Crippen LogP contribution in [0.15, 0.2) is 54.6 Å². The van der Waals surface area contributed by atoms with Gasteiger partial charge in [0, 0.05) is 22.5 Å². The maximum Gasteiger partial charge on any atom is 0.257 e. The van der Waals surface area contributed by atoms with Crippen molar-refractivity contribution in [3.8, 4) is 17.4 Å². The van der Waals surface area contributed by atoms with Crippen molar-refractivity contribution < 1.29 is 9.53 Å². The second-order valence-electron chi connectivity index (χ2n) is 7.16. The molecule has 1 N–H and O–H groups in total. The second-order valence-corrected chi connectivity index (χ2v) is 8.00. The molecular formula is C23H19Cl2N5O2. The van der Waals surface area contributed by atoms with Gasteiger partial charge in [0.1, 0.15) is 11.6 Å². The maximum absolute atomic E-state index is 12.5. The van der Waals surface area contributed by atoms with E-state index in [1.807, 2.05) is 19.9 Å². The molecule has 0 spiro atoms. The van der Waals surface area contributed by atoms with Crippen LogP contribution in [-0.4, -0.2) is 25.7 Å². The Hall–Kier alpha value is -3.42. The van der Waals surface area contributed by atoms with Crippen LogP contribution in [-0.2, 0) is 0 Å². The van der Waals surface area contributed by atoms with E-state index in [4.69, 9.17) is 27.9 Å². The molecule has 0 aliphatic heterocycles. The number of amides is 1. The van der Waals surface area contributed by atoms with E-state index in [0.29, 0.717) is 39.5 Å². The van der Waals surface area contributed by atoms with Gasteiger partial charge in [0.05, 0.1) is 16.3 Å². The average Bonchev–Trinajstić information content (AvgIpc) is 3.07. The highest BCUT2D eigenvalue weighted by Gasteiger charge is 2.12. The number of nitrogens with one attached hydrogen (secondary N) is 1. The summed E-state index contributed by atoms with van der Waals surface area (Å²) >= 11 is 12.0. The van der Waals surface area contributed by atoms with Crippen molar-refractivity contribution in [3.63, 3.8) is 0 Å². The Morgan fingerprint density at radius 2 is 1.72 bits per heavy atom. The van der Waals surface area contributed by atoms with Crippen LogP contribution >= 0.6 is 23.2 Å². The molecule has 2 aromatic carbocycles. The summed E-state index contributed by atoms with van der Waals surface area (Å²) in [6.45, 7) is 5.68. The Balaban J connectivity index is 1.49. The lowest BCUT2D eigenvalue weighted by molar-refractivity contribution is 0.102. The minimum Gasteiger partial charge on any atom is -0.439 e. The fourth-order valence-corrected chi connectivity index (χ4v) is 3.64. The van der Waals surface area contributed by atoms with Gasteiger partial charge in [-0.2, -0.15) is 10.1 Å². The number of carbonyl (C=O) groups excluding carboxylic acids is 1. The molecule has 4 aromatic rings. The van der Waals surface area contributed by atoms with Gasteiger partial charge in [0.15, 0.2) is 5.82 Å². The van der Waals surface area contributed by atoms with Crippen LogP contribution in [0.2, 0.25) is 10.0 Å². The Labute approximate surface area is 195 Å². The number of nitrogens with zero attached hydrogens (tertiary/aromatic N) is 4. The number of hydrogen-bond donors (Lipinski definition) is 1. The number of ether oxygens (including phenoxy) is 1. The SMILES string of the molecule is Cc1cc(C)n(-c2cc(Oc3ccc(NC(=O)c4ccc(Cl)cc4Cl)cc3)nc(C)n2)n1. The first kappa shape index (κ1) is 21.8. The standard InChI is InChI=1S/C23H19Cl2N5O2/c1-13-10-14(2)30(29-13)21-12-22(27-15(3)26-21)32-18-7-5-17(6-8-18)28-23(31)19-9-4-16(24)11-20(19)25/h4-12H,1-3H3,(H,28,31). The number of aromatic nitrogens is 4. The summed E-state index contributed by atoms with van der Waals surface area (Å²) in [7, 11) is 0. The van der Waals surface area contributed by atoms with Gasteiger partial charge in [0.2, 0.25) is 5.88 Å². The largest absolute Gasteiger partial charge is 0.439 e. The predicted molar refractivity (Wildman–Crippen MR) is 124 cm³/mol. The molecule has 0 unspecified atom stereocenters. The number of anilines is 1. The Kier molecular flexibility index (Phi) is 6.12. The smallest absolute Gasteiger partial charge is 0.257 e. The third-order valence-electron chi connectivity index (χ3n) is 4.54. The highest BCUT2D eigenvalue weighted by molar-refractivity contribution is 6.37. The molecule has 0 radical (unpaired) electrons. The van der Waals surface area contributed by atoms with E-state index in [0.717, 1.165) is 11.4 Å². The molecule has 0 atom stereocenters. The van der Waals surface area contributed by atoms with Gasteiger partial charge in [-0.15, -0.1) is 0 Å². The number of aryl methyl sites for hydroxylation is 3. The number of benzene rings is 2. The number of rotatable bonds is 5. The zero-order valence-corrected chi connectivity index (χ0v) is 19.1. The lowest BCUT2D eigenvalue weighted by Gasteiger charge is -2.10. The van der Waals surface area contributed by atoms with Crippen LogP contribution in [0.5, 0.6) is 11.6 Å². The molecule has 0 aliphatic carbocycles. The van der Waals surface area contributed by atoms with E-state index < -0.39 is 0 Å². The first-order valence-corrected chi connectivity index (χ1v) is 10.5. The minimum atomic E-state index is -0.332. The van der Waals surface area contributed by atoms with E-state index in [9.17, 15) is 4.79 Å². The lowest BCUT2D eigenvalue weighted by atomic mass is 10.2. The quantitative estimate of drug-likeness (QED) is 0.392. The van der Waals surface area contributed by atoms with Gasteiger partial charge in [-0.25, -0.2) is 9.67 Å². The Morgan fingerprint density at radius 3 is 2.38 bits per heavy atom. The van der Waals surface area contributed by atoms with Gasteiger partial charge in [-0.05, 0) is 69.3 Å². The highest BCUT2D eigenvalue weighted by atomic mass is 35.5. The van der Waals surface area contributed by atoms with Crippen molar-refractivity contribution >= 4 is 34.8 Å². The average molecular weight is 468 g/mol. The molecule has 0 saturated heterocycles. The normalized spacial score (nSPS) is 10.8. The Morgan fingerprint density at radius 1 is 0.969 bits per heavy atom. The molecule has 7 nitrogen and oxygen atoms in total. The predicted octanol–water partition coefficient (Wildman–Crippen LogP) is 5.94. The first-order valence-electron chi connectivity index (χ1n) is 9.72. The molecule has 4 rings (SSSR count). The van der Waals surface area contributed by atoms with Gasteiger partial charge >= 0.3 is 0 Å². The van der Waals surface area contributed by atoms with Gasteiger partial charge in [0.25, 0.3) is 5.91 Å². The number of carbonyl (C=O) groups is 1. The van der Waals surface area contributed by atoms with Gasteiger partial charge in [-0.1, -0.05) is 23.2 Å². The molecule has 2 heterocycles. The molecule has 0 bridgehead atoms. The van der Waals surface area contributed by atoms with Crippen LogP contribution in [0, 0.1) is 20.8 Å². The zero-order valence-electron chi connectivity index (χ0n) is 17.6. The third kappa shape index (κ3) is 4.90. The lowest BCUT2D eigenvalue weighted by Crippen LogP contribution is -2.12. The summed E-state index contributed by atoms with van der Waals surface area (Å²) in [5, 5.41) is 8.01. The minimum absolute atomic E-state index is 0.285. The van der Waals surface area contributed by atoms with Crippen molar-refractivity contribution in [2.24, 2.45) is 0 Å². The maximum atomic E-state index is 12.5. The first-order chi connectivity index (χ1) is 15.3. The highest BCUT2D eigenvalue weighted by Crippen LogP contribution is 2.25. The number of halogens is 2. The van der Waals surface area contributed by atoms with E-state index in [2.05, 4.69) is 20.4 Å². The van der Waals surface area contributed by atoms with E-state index in [-0.39, 0.29) is 10.9 Å². The molecule has 2 aromatic heterocycles. The van der Waals surface area contributed by atoms with Gasteiger partial charge < -0.3 is 10.1 Å².